The summed E-state index contributed by atoms with van der Waals surface area (Å²) >= 11 is 0. The highest BCUT2D eigenvalue weighted by atomic mass is 32.2. The Bertz CT molecular complexity index is 1020. The second kappa shape index (κ2) is 8.70. The van der Waals surface area contributed by atoms with Gasteiger partial charge in [-0.15, -0.1) is 0 Å². The van der Waals surface area contributed by atoms with Crippen LogP contribution in [0.3, 0.4) is 0 Å². The summed E-state index contributed by atoms with van der Waals surface area (Å²) in [6, 6.07) is 8.87. The minimum Gasteiger partial charge on any atom is -0.396 e. The van der Waals surface area contributed by atoms with Crippen molar-refractivity contribution in [1.29, 1.82) is 0 Å². The van der Waals surface area contributed by atoms with Crippen LogP contribution < -0.4 is 10.4 Å². The summed E-state index contributed by atoms with van der Waals surface area (Å²) in [5, 5.41) is 18.2. The van der Waals surface area contributed by atoms with E-state index in [-0.39, 0.29) is 24.8 Å². The van der Waals surface area contributed by atoms with Gasteiger partial charge < -0.3 is 14.7 Å². The molecular weight excluding hydrogens is 420 g/mol. The molecule has 1 atom stereocenters. The molecule has 1 aliphatic carbocycles. The normalized spacial score (nSPS) is 20.5. The first-order valence-electron chi connectivity index (χ1n) is 10.5. The van der Waals surface area contributed by atoms with Crippen molar-refractivity contribution in [2.24, 2.45) is 0 Å². The number of sulfone groups is 1. The third-order valence-electron chi connectivity index (χ3n) is 5.98. The van der Waals surface area contributed by atoms with Gasteiger partial charge in [-0.25, -0.2) is 18.4 Å². The number of nitrogens with zero attached hydrogens (tertiary/aromatic N) is 3. The van der Waals surface area contributed by atoms with Gasteiger partial charge >= 0.3 is 0 Å². The monoisotopic (exact) mass is 448 g/mol. The topological polar surface area (TPSA) is 125 Å². The van der Waals surface area contributed by atoms with E-state index in [0.29, 0.717) is 55.6 Å². The lowest BCUT2D eigenvalue weighted by molar-refractivity contribution is 0.0985. The summed E-state index contributed by atoms with van der Waals surface area (Å²) in [5.41, 5.74) is 3.87. The van der Waals surface area contributed by atoms with E-state index in [4.69, 9.17) is 25.0 Å². The van der Waals surface area contributed by atoms with Crippen LogP contribution >= 0.6 is 0 Å². The summed E-state index contributed by atoms with van der Waals surface area (Å²) in [7, 11) is -3.47. The predicted octanol–water partition coefficient (Wildman–Crippen LogP) is 1.96. The average Bonchev–Trinajstić information content (AvgIpc) is 3.61. The van der Waals surface area contributed by atoms with Crippen molar-refractivity contribution in [1.82, 2.24) is 9.97 Å². The van der Waals surface area contributed by atoms with Crippen LogP contribution in [0.25, 0.3) is 11.4 Å². The molecule has 2 aromatic rings. The number of anilines is 2. The third-order valence-corrected chi connectivity index (χ3v) is 8.62. The minimum absolute atomic E-state index is 0.0665. The summed E-state index contributed by atoms with van der Waals surface area (Å²) in [4.78, 5) is 11.6. The van der Waals surface area contributed by atoms with Crippen LogP contribution in [0.4, 0.5) is 11.5 Å². The summed E-state index contributed by atoms with van der Waals surface area (Å²) < 4.78 is 30.8. The van der Waals surface area contributed by atoms with E-state index in [1.54, 1.807) is 30.3 Å². The van der Waals surface area contributed by atoms with Crippen molar-refractivity contribution in [3.05, 3.63) is 36.0 Å². The molecule has 10 heteroatoms. The van der Waals surface area contributed by atoms with Gasteiger partial charge in [-0.2, -0.15) is 0 Å². The summed E-state index contributed by atoms with van der Waals surface area (Å²) in [5.74, 6) is 1.06. The highest BCUT2D eigenvalue weighted by Crippen LogP contribution is 2.53. The van der Waals surface area contributed by atoms with Gasteiger partial charge in [0.2, 0.25) is 0 Å². The van der Waals surface area contributed by atoms with Crippen LogP contribution in [0.1, 0.15) is 31.9 Å². The van der Waals surface area contributed by atoms with E-state index in [9.17, 15) is 8.42 Å². The first-order chi connectivity index (χ1) is 14.9. The van der Waals surface area contributed by atoms with Crippen molar-refractivity contribution in [3.63, 3.8) is 0 Å². The molecule has 1 aromatic carbocycles. The van der Waals surface area contributed by atoms with Crippen LogP contribution in [-0.2, 0) is 19.3 Å². The SMILES string of the molecule is C[C@H]1COCCN1c1cc(C2(S(=O)(=O)CCCO)CC2)nc(-c2ccc(NO)cc2)n1. The minimum atomic E-state index is -3.47. The molecule has 1 saturated heterocycles. The maximum Gasteiger partial charge on any atom is 0.161 e. The molecule has 31 heavy (non-hydrogen) atoms. The lowest BCUT2D eigenvalue weighted by atomic mass is 10.1. The van der Waals surface area contributed by atoms with E-state index < -0.39 is 14.6 Å². The Balaban J connectivity index is 1.80. The lowest BCUT2D eigenvalue weighted by Crippen LogP contribution is -2.44. The molecule has 168 valence electrons. The highest BCUT2D eigenvalue weighted by Gasteiger charge is 2.56. The van der Waals surface area contributed by atoms with E-state index in [0.717, 1.165) is 5.56 Å². The number of hydrogen-bond acceptors (Lipinski definition) is 9. The number of nitrogens with one attached hydrogen (secondary N) is 1. The van der Waals surface area contributed by atoms with Gasteiger partial charge in [0.1, 0.15) is 10.6 Å². The van der Waals surface area contributed by atoms with Gasteiger partial charge in [-0.05, 0) is 50.5 Å². The van der Waals surface area contributed by atoms with Crippen molar-refractivity contribution < 1.29 is 23.5 Å². The second-order valence-electron chi connectivity index (χ2n) is 8.13. The molecule has 4 rings (SSSR count). The molecule has 2 fully saturated rings. The molecule has 0 bridgehead atoms. The molecule has 9 nitrogen and oxygen atoms in total. The van der Waals surface area contributed by atoms with E-state index in [1.165, 1.54) is 0 Å². The summed E-state index contributed by atoms with van der Waals surface area (Å²) in [6.07, 6.45) is 1.25. The van der Waals surface area contributed by atoms with Gasteiger partial charge in [-0.1, -0.05) is 0 Å². The Morgan fingerprint density at radius 3 is 2.61 bits per heavy atom. The van der Waals surface area contributed by atoms with Gasteiger partial charge in [0.25, 0.3) is 0 Å². The number of hydrogen-bond donors (Lipinski definition) is 3. The first-order valence-corrected chi connectivity index (χ1v) is 12.1. The number of ether oxygens (including phenoxy) is 1. The Labute approximate surface area is 182 Å². The van der Waals surface area contributed by atoms with Gasteiger partial charge in [0, 0.05) is 24.8 Å². The molecular formula is C21H28N4O5S. The maximum atomic E-state index is 13.1. The second-order valence-corrected chi connectivity index (χ2v) is 10.6. The van der Waals surface area contributed by atoms with E-state index in [1.807, 2.05) is 6.92 Å². The number of aromatic nitrogens is 2. The quantitative estimate of drug-likeness (QED) is 0.520. The smallest absolute Gasteiger partial charge is 0.161 e. The Kier molecular flexibility index (Phi) is 6.16. The number of rotatable bonds is 8. The predicted molar refractivity (Wildman–Crippen MR) is 117 cm³/mol. The van der Waals surface area contributed by atoms with Crippen LogP contribution in [-0.4, -0.2) is 66.9 Å². The fourth-order valence-corrected chi connectivity index (χ4v) is 6.04. The van der Waals surface area contributed by atoms with E-state index in [2.05, 4.69) is 10.4 Å². The summed E-state index contributed by atoms with van der Waals surface area (Å²) in [6.45, 7) is 3.70. The molecule has 0 radical (unpaired) electrons. The van der Waals surface area contributed by atoms with Crippen LogP contribution in [0, 0.1) is 0 Å². The van der Waals surface area contributed by atoms with Crippen LogP contribution in [0.5, 0.6) is 0 Å². The van der Waals surface area contributed by atoms with Gasteiger partial charge in [0.05, 0.1) is 36.4 Å². The first kappa shape index (κ1) is 21.9. The standard InChI is InChI=1S/C21H28N4O5S/c1-15-14-30-11-9-25(15)19-13-18(21(7-8-21)31(28,29)12-2-10-26)22-20(23-19)16-3-5-17(24-27)6-4-16/h3-6,13,15,24,26-27H,2,7-12,14H2,1H3/t15-/m0/s1. The number of morpholine rings is 1. The number of aliphatic hydroxyl groups is 1. The van der Waals surface area contributed by atoms with Crippen molar-refractivity contribution in [2.75, 3.05) is 42.5 Å². The fourth-order valence-electron chi connectivity index (χ4n) is 4.00. The lowest BCUT2D eigenvalue weighted by Gasteiger charge is -2.34. The van der Waals surface area contributed by atoms with Crippen molar-refractivity contribution in [2.45, 2.75) is 37.0 Å². The van der Waals surface area contributed by atoms with Gasteiger partial charge in [-0.3, -0.25) is 10.7 Å². The Hall–Kier alpha value is -2.27. The fraction of sp³-hybridized carbons (Fsp3) is 0.524. The molecule has 3 N–H and O–H groups in total. The van der Waals surface area contributed by atoms with Gasteiger partial charge in [0.15, 0.2) is 15.7 Å². The largest absolute Gasteiger partial charge is 0.396 e. The maximum absolute atomic E-state index is 13.1. The Morgan fingerprint density at radius 2 is 2.00 bits per heavy atom. The molecule has 0 spiro atoms. The molecule has 0 unspecified atom stereocenters. The number of benzene rings is 1. The zero-order valence-electron chi connectivity index (χ0n) is 17.5. The molecule has 2 heterocycles. The van der Waals surface area contributed by atoms with E-state index >= 15 is 0 Å². The molecule has 1 aliphatic heterocycles. The van der Waals surface area contributed by atoms with Crippen LogP contribution in [0.15, 0.2) is 30.3 Å². The van der Waals surface area contributed by atoms with Crippen molar-refractivity contribution >= 4 is 21.3 Å². The zero-order chi connectivity index (χ0) is 22.1. The van der Waals surface area contributed by atoms with Crippen molar-refractivity contribution in [3.8, 4) is 11.4 Å². The van der Waals surface area contributed by atoms with Crippen LogP contribution in [0.2, 0.25) is 0 Å². The molecule has 0 amide bonds. The number of aliphatic hydroxyl groups excluding tert-OH is 1. The molecule has 1 aromatic heterocycles. The zero-order valence-corrected chi connectivity index (χ0v) is 18.3. The Morgan fingerprint density at radius 1 is 1.26 bits per heavy atom. The highest BCUT2D eigenvalue weighted by molar-refractivity contribution is 7.92. The average molecular weight is 449 g/mol. The molecule has 1 saturated carbocycles. The third kappa shape index (κ3) is 4.25. The molecule has 2 aliphatic rings.